The molecule has 0 aliphatic carbocycles. The van der Waals surface area contributed by atoms with E-state index in [0.29, 0.717) is 0 Å². The van der Waals surface area contributed by atoms with Crippen LogP contribution in [0.5, 0.6) is 0 Å². The molecule has 0 saturated heterocycles. The van der Waals surface area contributed by atoms with E-state index < -0.39 is 0 Å². The lowest BCUT2D eigenvalue weighted by Crippen LogP contribution is -1.81. The second-order valence-electron chi connectivity index (χ2n) is 3.74. The molecule has 3 aromatic rings. The number of hydrogen-bond acceptors (Lipinski definition) is 1. The van der Waals surface area contributed by atoms with Gasteiger partial charge in [0.1, 0.15) is 11.5 Å². The molecule has 0 aliphatic rings. The molecule has 0 spiro atoms. The normalized spacial score (nSPS) is 10.9. The van der Waals surface area contributed by atoms with Crippen molar-refractivity contribution in [1.82, 2.24) is 10.2 Å². The molecule has 1 aromatic heterocycles. The van der Waals surface area contributed by atoms with Gasteiger partial charge in [0.2, 0.25) is 0 Å². The van der Waals surface area contributed by atoms with Crippen LogP contribution in [0.1, 0.15) is 0 Å². The maximum atomic E-state index is 13.2. The average Bonchev–Trinajstić information content (AvgIpc) is 2.74. The van der Waals surface area contributed by atoms with Gasteiger partial charge >= 0.3 is 0 Å². The first-order valence-corrected chi connectivity index (χ1v) is 5.93. The minimum atomic E-state index is -0.259. The molecule has 0 saturated carbocycles. The molecule has 17 heavy (non-hydrogen) atoms. The van der Waals surface area contributed by atoms with E-state index in [1.54, 1.807) is 6.07 Å². The SMILES string of the molecule is Fc1cccc(-c2n[nH]c3cccc(Br)c23)c1. The number of rotatable bonds is 1. The minimum absolute atomic E-state index is 0.259. The van der Waals surface area contributed by atoms with Gasteiger partial charge in [0.15, 0.2) is 0 Å². The summed E-state index contributed by atoms with van der Waals surface area (Å²) in [5.41, 5.74) is 2.45. The number of benzene rings is 2. The van der Waals surface area contributed by atoms with Crippen LogP contribution < -0.4 is 0 Å². The van der Waals surface area contributed by atoms with Crippen LogP contribution in [0.2, 0.25) is 0 Å². The van der Waals surface area contributed by atoms with Crippen molar-refractivity contribution in [2.24, 2.45) is 0 Å². The van der Waals surface area contributed by atoms with Gasteiger partial charge in [-0.25, -0.2) is 4.39 Å². The number of hydrogen-bond donors (Lipinski definition) is 1. The molecule has 0 fully saturated rings. The molecule has 3 rings (SSSR count). The van der Waals surface area contributed by atoms with Gasteiger partial charge in [0.25, 0.3) is 0 Å². The molecule has 0 atom stereocenters. The van der Waals surface area contributed by atoms with Crippen molar-refractivity contribution in [3.63, 3.8) is 0 Å². The van der Waals surface area contributed by atoms with Crippen LogP contribution in [-0.2, 0) is 0 Å². The molecule has 4 heteroatoms. The molecule has 0 bridgehead atoms. The molecular formula is C13H8BrFN2. The Morgan fingerprint density at radius 2 is 1.94 bits per heavy atom. The Labute approximate surface area is 106 Å². The molecule has 1 N–H and O–H groups in total. The maximum absolute atomic E-state index is 13.2. The first-order valence-electron chi connectivity index (χ1n) is 5.14. The van der Waals surface area contributed by atoms with E-state index in [9.17, 15) is 4.39 Å². The Bertz CT molecular complexity index is 691. The van der Waals surface area contributed by atoms with Crippen molar-refractivity contribution in [1.29, 1.82) is 0 Å². The summed E-state index contributed by atoms with van der Waals surface area (Å²) in [7, 11) is 0. The van der Waals surface area contributed by atoms with Gasteiger partial charge in [0, 0.05) is 15.4 Å². The Hall–Kier alpha value is -1.68. The molecule has 0 aliphatic heterocycles. The van der Waals surface area contributed by atoms with Crippen molar-refractivity contribution < 1.29 is 4.39 Å². The first-order chi connectivity index (χ1) is 8.25. The Morgan fingerprint density at radius 1 is 1.12 bits per heavy atom. The number of aromatic nitrogens is 2. The van der Waals surface area contributed by atoms with E-state index in [1.165, 1.54) is 12.1 Å². The smallest absolute Gasteiger partial charge is 0.123 e. The van der Waals surface area contributed by atoms with E-state index in [4.69, 9.17) is 0 Å². The Balaban J connectivity index is 2.31. The van der Waals surface area contributed by atoms with E-state index in [2.05, 4.69) is 26.1 Å². The van der Waals surface area contributed by atoms with Gasteiger partial charge in [-0.2, -0.15) is 5.10 Å². The summed E-state index contributed by atoms with van der Waals surface area (Å²) in [6.07, 6.45) is 0. The zero-order valence-corrected chi connectivity index (χ0v) is 10.3. The summed E-state index contributed by atoms with van der Waals surface area (Å²) in [4.78, 5) is 0. The number of H-pyrrole nitrogens is 1. The third kappa shape index (κ3) is 1.74. The summed E-state index contributed by atoms with van der Waals surface area (Å²) >= 11 is 3.49. The van der Waals surface area contributed by atoms with Gasteiger partial charge in [-0.1, -0.05) is 34.1 Å². The highest BCUT2D eigenvalue weighted by Crippen LogP contribution is 2.31. The third-order valence-corrected chi connectivity index (χ3v) is 3.30. The Morgan fingerprint density at radius 3 is 2.76 bits per heavy atom. The van der Waals surface area contributed by atoms with Crippen LogP contribution >= 0.6 is 15.9 Å². The van der Waals surface area contributed by atoms with Crippen LogP contribution in [0.15, 0.2) is 46.9 Å². The van der Waals surface area contributed by atoms with E-state index in [1.807, 2.05) is 24.3 Å². The lowest BCUT2D eigenvalue weighted by molar-refractivity contribution is 0.628. The van der Waals surface area contributed by atoms with E-state index in [0.717, 1.165) is 26.6 Å². The lowest BCUT2D eigenvalue weighted by atomic mass is 10.1. The third-order valence-electron chi connectivity index (χ3n) is 2.64. The zero-order valence-electron chi connectivity index (χ0n) is 8.74. The van der Waals surface area contributed by atoms with Crippen LogP contribution in [0.4, 0.5) is 4.39 Å². The van der Waals surface area contributed by atoms with Crippen molar-refractivity contribution in [3.05, 3.63) is 52.8 Å². The summed E-state index contributed by atoms with van der Waals surface area (Å²) in [6, 6.07) is 12.2. The van der Waals surface area contributed by atoms with E-state index in [-0.39, 0.29) is 5.82 Å². The highest BCUT2D eigenvalue weighted by atomic mass is 79.9. The number of aromatic amines is 1. The molecule has 2 nitrogen and oxygen atoms in total. The summed E-state index contributed by atoms with van der Waals surface area (Å²) in [5, 5.41) is 8.16. The molecule has 1 heterocycles. The predicted molar refractivity (Wildman–Crippen MR) is 69.2 cm³/mol. The molecule has 84 valence electrons. The molecule has 2 aromatic carbocycles. The van der Waals surface area contributed by atoms with E-state index >= 15 is 0 Å². The molecular weight excluding hydrogens is 283 g/mol. The number of halogens is 2. The highest BCUT2D eigenvalue weighted by Gasteiger charge is 2.10. The molecule has 0 radical (unpaired) electrons. The van der Waals surface area contributed by atoms with Gasteiger partial charge in [-0.15, -0.1) is 0 Å². The van der Waals surface area contributed by atoms with Crippen LogP contribution in [0.25, 0.3) is 22.2 Å². The first kappa shape index (κ1) is 10.5. The van der Waals surface area contributed by atoms with Crippen molar-refractivity contribution in [3.8, 4) is 11.3 Å². The minimum Gasteiger partial charge on any atom is -0.277 e. The fourth-order valence-corrected chi connectivity index (χ4v) is 2.43. The van der Waals surface area contributed by atoms with Crippen molar-refractivity contribution in [2.75, 3.05) is 0 Å². The quantitative estimate of drug-likeness (QED) is 0.717. The van der Waals surface area contributed by atoms with Crippen molar-refractivity contribution >= 4 is 26.8 Å². The highest BCUT2D eigenvalue weighted by molar-refractivity contribution is 9.10. The zero-order chi connectivity index (χ0) is 11.8. The second-order valence-corrected chi connectivity index (χ2v) is 4.60. The van der Waals surface area contributed by atoms with Gasteiger partial charge in [0.05, 0.1) is 5.52 Å². The molecule has 0 amide bonds. The fraction of sp³-hybridized carbons (Fsp3) is 0. The topological polar surface area (TPSA) is 28.7 Å². The van der Waals surface area contributed by atoms with Crippen LogP contribution in [-0.4, -0.2) is 10.2 Å². The largest absolute Gasteiger partial charge is 0.277 e. The summed E-state index contributed by atoms with van der Waals surface area (Å²) in [6.45, 7) is 0. The second kappa shape index (κ2) is 3.96. The van der Waals surface area contributed by atoms with Gasteiger partial charge < -0.3 is 0 Å². The Kier molecular flexibility index (Phi) is 2.44. The monoisotopic (exact) mass is 290 g/mol. The van der Waals surface area contributed by atoms with Gasteiger partial charge in [-0.3, -0.25) is 5.10 Å². The van der Waals surface area contributed by atoms with Crippen LogP contribution in [0.3, 0.4) is 0 Å². The summed E-state index contributed by atoms with van der Waals surface area (Å²) in [5.74, 6) is -0.259. The maximum Gasteiger partial charge on any atom is 0.123 e. The number of nitrogens with zero attached hydrogens (tertiary/aromatic N) is 1. The standard InChI is InChI=1S/C13H8BrFN2/c14-10-5-2-6-11-12(10)13(17-16-11)8-3-1-4-9(15)7-8/h1-7H,(H,16,17). The van der Waals surface area contributed by atoms with Crippen molar-refractivity contribution in [2.45, 2.75) is 0 Å². The fourth-order valence-electron chi connectivity index (χ4n) is 1.87. The average molecular weight is 291 g/mol. The lowest BCUT2D eigenvalue weighted by Gasteiger charge is -1.99. The summed E-state index contributed by atoms with van der Waals surface area (Å²) < 4.78 is 14.2. The molecule has 0 unspecified atom stereocenters. The number of fused-ring (bicyclic) bond motifs is 1. The predicted octanol–water partition coefficient (Wildman–Crippen LogP) is 4.13. The van der Waals surface area contributed by atoms with Gasteiger partial charge in [-0.05, 0) is 24.3 Å². The van der Waals surface area contributed by atoms with Crippen LogP contribution in [0, 0.1) is 5.82 Å². The number of nitrogens with one attached hydrogen (secondary N) is 1.